The Hall–Kier alpha value is -2.01. The summed E-state index contributed by atoms with van der Waals surface area (Å²) < 4.78 is 8.00. The van der Waals surface area contributed by atoms with Crippen LogP contribution in [-0.2, 0) is 11.3 Å². The molecule has 1 amide bonds. The predicted molar refractivity (Wildman–Crippen MR) is 100 cm³/mol. The number of likely N-dealkylation sites (tertiary alicyclic amines) is 1. The summed E-state index contributed by atoms with van der Waals surface area (Å²) in [7, 11) is 0. The molecule has 2 fully saturated rings. The molecule has 1 aliphatic carbocycles. The number of aryl methyl sites for hydroxylation is 2. The van der Waals surface area contributed by atoms with Crippen LogP contribution in [-0.4, -0.2) is 39.8 Å². The van der Waals surface area contributed by atoms with Crippen LogP contribution < -0.4 is 4.74 Å². The third-order valence-electron chi connectivity index (χ3n) is 5.63. The molecule has 5 nitrogen and oxygen atoms in total. The van der Waals surface area contributed by atoms with Gasteiger partial charge in [-0.25, -0.2) is 0 Å². The van der Waals surface area contributed by atoms with E-state index >= 15 is 0 Å². The van der Waals surface area contributed by atoms with E-state index in [4.69, 9.17) is 16.3 Å². The first-order valence-corrected chi connectivity index (χ1v) is 9.58. The standard InChI is InChI=1S/C20H24ClN3O2/c1-13-9-14(2)24(22-13)12-20(25)23-10-15-3-8-19(18(15)11-23)26-17-6-4-16(21)5-7-17/h4-7,9,15,18-19H,3,8,10-12H2,1-2H3/t15-,18+,19-/m0/s1. The molecule has 2 heterocycles. The molecule has 138 valence electrons. The molecule has 1 saturated heterocycles. The summed E-state index contributed by atoms with van der Waals surface area (Å²) in [6.45, 7) is 5.88. The number of fused-ring (bicyclic) bond motifs is 1. The lowest BCUT2D eigenvalue weighted by Gasteiger charge is -2.22. The summed E-state index contributed by atoms with van der Waals surface area (Å²) in [5.41, 5.74) is 1.98. The number of aromatic nitrogens is 2. The Balaban J connectivity index is 1.38. The molecule has 0 radical (unpaired) electrons. The van der Waals surface area contributed by atoms with Crippen molar-refractivity contribution in [3.05, 3.63) is 46.7 Å². The highest BCUT2D eigenvalue weighted by atomic mass is 35.5. The van der Waals surface area contributed by atoms with Crippen LogP contribution in [0, 0.1) is 25.7 Å². The Morgan fingerprint density at radius 2 is 2.00 bits per heavy atom. The third kappa shape index (κ3) is 3.45. The molecule has 0 bridgehead atoms. The Labute approximate surface area is 158 Å². The molecule has 1 aromatic carbocycles. The molecule has 0 unspecified atom stereocenters. The van der Waals surface area contributed by atoms with Crippen LogP contribution in [0.4, 0.5) is 0 Å². The van der Waals surface area contributed by atoms with Crippen molar-refractivity contribution < 1.29 is 9.53 Å². The molecule has 3 atom stereocenters. The van der Waals surface area contributed by atoms with Crippen LogP contribution in [0.3, 0.4) is 0 Å². The summed E-state index contributed by atoms with van der Waals surface area (Å²) in [6, 6.07) is 9.53. The zero-order chi connectivity index (χ0) is 18.3. The number of nitrogens with zero attached hydrogens (tertiary/aromatic N) is 3. The van der Waals surface area contributed by atoms with Crippen molar-refractivity contribution in [3.8, 4) is 5.75 Å². The van der Waals surface area contributed by atoms with E-state index < -0.39 is 0 Å². The number of hydrogen-bond donors (Lipinski definition) is 0. The molecule has 0 spiro atoms. The second kappa shape index (κ2) is 6.95. The van der Waals surface area contributed by atoms with E-state index in [1.165, 1.54) is 0 Å². The molecule has 2 aromatic rings. The molecule has 4 rings (SSSR count). The van der Waals surface area contributed by atoms with Gasteiger partial charge in [-0.05, 0) is 62.9 Å². The van der Waals surface area contributed by atoms with Crippen molar-refractivity contribution in [2.45, 2.75) is 39.3 Å². The van der Waals surface area contributed by atoms with Gasteiger partial charge in [0, 0.05) is 29.7 Å². The smallest absolute Gasteiger partial charge is 0.244 e. The topological polar surface area (TPSA) is 47.4 Å². The van der Waals surface area contributed by atoms with Crippen molar-refractivity contribution in [2.24, 2.45) is 11.8 Å². The summed E-state index contributed by atoms with van der Waals surface area (Å²) >= 11 is 5.94. The van der Waals surface area contributed by atoms with Crippen LogP contribution in [0.1, 0.15) is 24.2 Å². The molecule has 1 aliphatic heterocycles. The fraction of sp³-hybridized carbons (Fsp3) is 0.500. The minimum absolute atomic E-state index is 0.149. The minimum Gasteiger partial charge on any atom is -0.490 e. The van der Waals surface area contributed by atoms with Gasteiger partial charge in [-0.2, -0.15) is 5.10 Å². The number of ether oxygens (including phenoxy) is 1. The summed E-state index contributed by atoms with van der Waals surface area (Å²) in [5, 5.41) is 5.12. The van der Waals surface area contributed by atoms with Crippen molar-refractivity contribution in [1.29, 1.82) is 0 Å². The maximum absolute atomic E-state index is 12.7. The molecule has 1 saturated carbocycles. The Kier molecular flexibility index (Phi) is 4.65. The van der Waals surface area contributed by atoms with Gasteiger partial charge in [0.1, 0.15) is 18.4 Å². The lowest BCUT2D eigenvalue weighted by Crippen LogP contribution is -2.35. The lowest BCUT2D eigenvalue weighted by molar-refractivity contribution is -0.131. The summed E-state index contributed by atoms with van der Waals surface area (Å²) in [6.07, 6.45) is 2.34. The second-order valence-electron chi connectivity index (χ2n) is 7.49. The fourth-order valence-corrected chi connectivity index (χ4v) is 4.44. The SMILES string of the molecule is Cc1cc(C)n(CC(=O)N2C[C@@H]3CC[C@H](Oc4ccc(Cl)cc4)[C@@H]3C2)n1. The first-order valence-electron chi connectivity index (χ1n) is 9.20. The highest BCUT2D eigenvalue weighted by Gasteiger charge is 2.45. The molecule has 2 aliphatic rings. The number of hydrogen-bond acceptors (Lipinski definition) is 3. The molecule has 6 heteroatoms. The van der Waals surface area contributed by atoms with Crippen LogP contribution in [0.25, 0.3) is 0 Å². The summed E-state index contributed by atoms with van der Waals surface area (Å²) in [5.74, 6) is 1.95. The van der Waals surface area contributed by atoms with E-state index in [0.29, 0.717) is 23.4 Å². The number of benzene rings is 1. The average Bonchev–Trinajstić information content (AvgIpc) is 3.26. The second-order valence-corrected chi connectivity index (χ2v) is 7.93. The van der Waals surface area contributed by atoms with Crippen molar-refractivity contribution in [3.63, 3.8) is 0 Å². The highest BCUT2D eigenvalue weighted by molar-refractivity contribution is 6.30. The first kappa shape index (κ1) is 17.4. The minimum atomic E-state index is 0.149. The Bertz CT molecular complexity index is 802. The zero-order valence-electron chi connectivity index (χ0n) is 15.2. The van der Waals surface area contributed by atoms with Gasteiger partial charge in [0.25, 0.3) is 0 Å². The van der Waals surface area contributed by atoms with Crippen LogP contribution in [0.2, 0.25) is 5.02 Å². The quantitative estimate of drug-likeness (QED) is 0.824. The summed E-state index contributed by atoms with van der Waals surface area (Å²) in [4.78, 5) is 14.7. The van der Waals surface area contributed by atoms with E-state index in [2.05, 4.69) is 5.10 Å². The molecule has 0 N–H and O–H groups in total. The predicted octanol–water partition coefficient (Wildman–Crippen LogP) is 3.47. The van der Waals surface area contributed by atoms with Crippen LogP contribution in [0.15, 0.2) is 30.3 Å². The van der Waals surface area contributed by atoms with E-state index in [0.717, 1.165) is 43.1 Å². The fourth-order valence-electron chi connectivity index (χ4n) is 4.32. The van der Waals surface area contributed by atoms with Gasteiger partial charge in [0.15, 0.2) is 0 Å². The Morgan fingerprint density at radius 1 is 1.23 bits per heavy atom. The number of carbonyl (C=O) groups is 1. The van der Waals surface area contributed by atoms with Gasteiger partial charge in [0.2, 0.25) is 5.91 Å². The number of rotatable bonds is 4. The molecular weight excluding hydrogens is 350 g/mol. The molecule has 26 heavy (non-hydrogen) atoms. The van der Waals surface area contributed by atoms with Gasteiger partial charge < -0.3 is 9.64 Å². The van der Waals surface area contributed by atoms with E-state index in [1.54, 1.807) is 4.68 Å². The van der Waals surface area contributed by atoms with Crippen molar-refractivity contribution >= 4 is 17.5 Å². The molecule has 1 aromatic heterocycles. The van der Waals surface area contributed by atoms with E-state index in [9.17, 15) is 4.79 Å². The van der Waals surface area contributed by atoms with E-state index in [-0.39, 0.29) is 12.0 Å². The van der Waals surface area contributed by atoms with Crippen molar-refractivity contribution in [2.75, 3.05) is 13.1 Å². The van der Waals surface area contributed by atoms with Crippen LogP contribution >= 0.6 is 11.6 Å². The average molecular weight is 374 g/mol. The van der Waals surface area contributed by atoms with E-state index in [1.807, 2.05) is 49.1 Å². The van der Waals surface area contributed by atoms with Gasteiger partial charge >= 0.3 is 0 Å². The Morgan fingerprint density at radius 3 is 2.69 bits per heavy atom. The van der Waals surface area contributed by atoms with Crippen LogP contribution in [0.5, 0.6) is 5.75 Å². The normalized spacial score (nSPS) is 24.7. The van der Waals surface area contributed by atoms with Crippen molar-refractivity contribution in [1.82, 2.24) is 14.7 Å². The number of carbonyl (C=O) groups excluding carboxylic acids is 1. The van der Waals surface area contributed by atoms with Gasteiger partial charge in [-0.1, -0.05) is 11.6 Å². The number of halogens is 1. The maximum atomic E-state index is 12.7. The molecular formula is C20H24ClN3O2. The first-order chi connectivity index (χ1) is 12.5. The monoisotopic (exact) mass is 373 g/mol. The van der Waals surface area contributed by atoms with Gasteiger partial charge in [-0.15, -0.1) is 0 Å². The maximum Gasteiger partial charge on any atom is 0.244 e. The largest absolute Gasteiger partial charge is 0.490 e. The number of amides is 1. The lowest BCUT2D eigenvalue weighted by atomic mass is 9.99. The third-order valence-corrected chi connectivity index (χ3v) is 5.89. The zero-order valence-corrected chi connectivity index (χ0v) is 15.9. The van der Waals surface area contributed by atoms with Gasteiger partial charge in [0.05, 0.1) is 5.69 Å². The highest BCUT2D eigenvalue weighted by Crippen LogP contribution is 2.40. The van der Waals surface area contributed by atoms with Gasteiger partial charge in [-0.3, -0.25) is 9.48 Å².